The molecule has 208 valence electrons. The molecule has 1 aromatic carbocycles. The number of hydrogen-bond acceptors (Lipinski definition) is 8. The molecule has 38 heavy (non-hydrogen) atoms. The quantitative estimate of drug-likeness (QED) is 0.152. The molecular weight excluding hydrogens is 492 g/mol. The first-order valence-electron chi connectivity index (χ1n) is 13.3. The number of hydroxylamine groups is 1. The summed E-state index contributed by atoms with van der Waals surface area (Å²) in [6.45, 7) is 1.44. The Kier molecular flexibility index (Phi) is 6.61. The molecule has 6 rings (SSSR count). The van der Waals surface area contributed by atoms with Gasteiger partial charge in [0.15, 0.2) is 17.6 Å². The predicted octanol–water partition coefficient (Wildman–Crippen LogP) is 1.22. The second-order valence-electron chi connectivity index (χ2n) is 11.9. The Bertz CT molecular complexity index is 1170. The number of aliphatic carboxylic acids is 1. The number of aldehydes is 1. The average Bonchev–Trinajstić information content (AvgIpc) is 3.59. The maximum Gasteiger partial charge on any atom is 0.303 e. The van der Waals surface area contributed by atoms with E-state index < -0.39 is 35.7 Å². The fourth-order valence-electron chi connectivity index (χ4n) is 7.87. The number of likely N-dealkylation sites (N-methyl/N-ethyl adjacent to an activating group) is 1. The van der Waals surface area contributed by atoms with Gasteiger partial charge in [-0.2, -0.15) is 0 Å². The van der Waals surface area contributed by atoms with Crippen molar-refractivity contribution < 1.29 is 43.8 Å². The van der Waals surface area contributed by atoms with E-state index >= 15 is 0 Å². The standard InChI is InChI=1S/C27H34N2O8.CH3/c1-29(12-15-2-3-15)9-8-26-23-16-10-20(37-28-17(13-30)4-5-22(33)34)18(14-31)24(23)36-25(26)19(32)6-7-27(26,35)21(29)11-16;/h10,13,15,17,21,25,28,31,35H,2-9,11-12,14H2,1H3;1H3/q;-1/p+1/t17-,21+,25-,26-,27+,29+;/m0./s1. The zero-order valence-electron chi connectivity index (χ0n) is 22.1. The molecule has 4 N–H and O–H groups in total. The molecule has 10 heteroatoms. The SMILES string of the molecule is C[N@+]1(CC2CC2)CC[C@]23c4c5cc(ON[C@H](C=O)CCC(=O)O)c(CO)c4O[C@H]2C(=O)CC[C@@]3(O)[C@H]1C5.[CH3-]. The van der Waals surface area contributed by atoms with Gasteiger partial charge in [-0.3, -0.25) is 9.59 Å². The molecule has 0 amide bonds. The summed E-state index contributed by atoms with van der Waals surface area (Å²) in [7, 11) is 2.24. The van der Waals surface area contributed by atoms with Crippen molar-refractivity contribution in [1.29, 1.82) is 0 Å². The second kappa shape index (κ2) is 9.29. The summed E-state index contributed by atoms with van der Waals surface area (Å²) in [4.78, 5) is 41.4. The number of Topliss-reactive ketones (excluding diaryl/α,β-unsaturated/α-hetero) is 1. The van der Waals surface area contributed by atoms with Gasteiger partial charge in [-0.1, -0.05) is 0 Å². The van der Waals surface area contributed by atoms with Gasteiger partial charge in [0.2, 0.25) is 0 Å². The molecule has 2 bridgehead atoms. The molecule has 10 nitrogen and oxygen atoms in total. The van der Waals surface area contributed by atoms with Gasteiger partial charge in [0, 0.05) is 37.2 Å². The number of nitrogens with one attached hydrogen (secondary N) is 1. The Balaban J connectivity index is 0.00000294. The number of piperidine rings is 1. The summed E-state index contributed by atoms with van der Waals surface area (Å²) < 4.78 is 7.12. The van der Waals surface area contributed by atoms with Crippen LogP contribution in [0.2, 0.25) is 0 Å². The highest BCUT2D eigenvalue weighted by molar-refractivity contribution is 5.90. The van der Waals surface area contributed by atoms with Crippen LogP contribution in [-0.4, -0.2) is 81.8 Å². The van der Waals surface area contributed by atoms with E-state index in [1.807, 2.05) is 6.07 Å². The van der Waals surface area contributed by atoms with Crippen LogP contribution < -0.4 is 15.1 Å². The molecule has 0 unspecified atom stereocenters. The van der Waals surface area contributed by atoms with Crippen molar-refractivity contribution in [1.82, 2.24) is 5.48 Å². The lowest BCUT2D eigenvalue weighted by Crippen LogP contribution is -2.80. The number of nitrogens with zero attached hydrogens (tertiary/aromatic N) is 1. The molecule has 3 fully saturated rings. The fourth-order valence-corrected chi connectivity index (χ4v) is 7.87. The van der Waals surface area contributed by atoms with Crippen LogP contribution in [0.1, 0.15) is 61.6 Å². The molecule has 6 atom stereocenters. The zero-order valence-corrected chi connectivity index (χ0v) is 22.1. The van der Waals surface area contributed by atoms with Crippen molar-refractivity contribution in [3.8, 4) is 11.5 Å². The van der Waals surface area contributed by atoms with Crippen LogP contribution in [0.5, 0.6) is 11.5 Å². The number of ketones is 1. The highest BCUT2D eigenvalue weighted by Gasteiger charge is 2.76. The number of hydrogen-bond donors (Lipinski definition) is 4. The number of ether oxygens (including phenoxy) is 1. The maximum absolute atomic E-state index is 13.2. The average molecular weight is 531 g/mol. The molecule has 1 aromatic rings. The molecule has 1 spiro atoms. The fraction of sp³-hybridized carbons (Fsp3) is 0.643. The van der Waals surface area contributed by atoms with Crippen molar-refractivity contribution in [3.05, 3.63) is 30.2 Å². The number of carboxylic acids is 1. The van der Waals surface area contributed by atoms with Gasteiger partial charge < -0.3 is 41.6 Å². The first-order valence-corrected chi connectivity index (χ1v) is 13.3. The van der Waals surface area contributed by atoms with Crippen LogP contribution in [0.25, 0.3) is 0 Å². The van der Waals surface area contributed by atoms with E-state index in [1.165, 1.54) is 12.8 Å². The van der Waals surface area contributed by atoms with E-state index in [2.05, 4.69) is 12.5 Å². The maximum atomic E-state index is 13.2. The normalized spacial score (nSPS) is 35.0. The smallest absolute Gasteiger partial charge is 0.303 e. The van der Waals surface area contributed by atoms with Crippen LogP contribution in [0.4, 0.5) is 0 Å². The lowest BCUT2D eigenvalue weighted by Gasteiger charge is -2.64. The Morgan fingerprint density at radius 1 is 1.37 bits per heavy atom. The molecule has 0 aromatic heterocycles. The van der Waals surface area contributed by atoms with Crippen molar-refractivity contribution in [2.75, 3.05) is 20.1 Å². The molecule has 0 radical (unpaired) electrons. The number of likely N-dealkylation sites (tertiary alicyclic amines) is 1. The predicted molar refractivity (Wildman–Crippen MR) is 135 cm³/mol. The van der Waals surface area contributed by atoms with Crippen molar-refractivity contribution >= 4 is 18.0 Å². The van der Waals surface area contributed by atoms with Crippen molar-refractivity contribution in [2.24, 2.45) is 5.92 Å². The van der Waals surface area contributed by atoms with Crippen LogP contribution in [0.15, 0.2) is 6.07 Å². The van der Waals surface area contributed by atoms with Gasteiger partial charge in [0.05, 0.1) is 43.8 Å². The lowest BCUT2D eigenvalue weighted by molar-refractivity contribution is -0.950. The highest BCUT2D eigenvalue weighted by atomic mass is 16.6. The van der Waals surface area contributed by atoms with E-state index in [0.717, 1.165) is 28.7 Å². The number of carboxylic acid groups (broad SMARTS) is 1. The van der Waals surface area contributed by atoms with Crippen LogP contribution >= 0.6 is 0 Å². The summed E-state index contributed by atoms with van der Waals surface area (Å²) >= 11 is 0. The van der Waals surface area contributed by atoms with Gasteiger partial charge in [-0.05, 0) is 37.3 Å². The number of quaternary nitrogens is 1. The molecule has 2 aliphatic heterocycles. The van der Waals surface area contributed by atoms with E-state index in [9.17, 15) is 24.6 Å². The third-order valence-corrected chi connectivity index (χ3v) is 9.79. The number of rotatable bonds is 10. The van der Waals surface area contributed by atoms with Gasteiger partial charge in [0.1, 0.15) is 23.7 Å². The summed E-state index contributed by atoms with van der Waals surface area (Å²) in [5, 5.41) is 31.8. The van der Waals surface area contributed by atoms with Crippen molar-refractivity contribution in [3.63, 3.8) is 0 Å². The Morgan fingerprint density at radius 3 is 2.79 bits per heavy atom. The highest BCUT2D eigenvalue weighted by Crippen LogP contribution is 2.66. The second-order valence-corrected chi connectivity index (χ2v) is 11.9. The summed E-state index contributed by atoms with van der Waals surface area (Å²) in [5.41, 5.74) is 2.82. The first kappa shape index (κ1) is 27.1. The van der Waals surface area contributed by atoms with Crippen LogP contribution in [0, 0.1) is 13.3 Å². The minimum Gasteiger partial charge on any atom is -0.481 e. The summed E-state index contributed by atoms with van der Waals surface area (Å²) in [6, 6.07) is 0.889. The van der Waals surface area contributed by atoms with E-state index in [1.54, 1.807) is 0 Å². The number of carbonyl (C=O) groups excluding carboxylic acids is 2. The van der Waals surface area contributed by atoms with Crippen molar-refractivity contribution in [2.45, 2.75) is 87.2 Å². The van der Waals surface area contributed by atoms with Gasteiger partial charge in [0.25, 0.3) is 0 Å². The molecule has 1 saturated heterocycles. The van der Waals surface area contributed by atoms with E-state index in [0.29, 0.717) is 42.8 Å². The van der Waals surface area contributed by atoms with E-state index in [-0.39, 0.29) is 44.3 Å². The molecule has 5 aliphatic rings. The third-order valence-electron chi connectivity index (χ3n) is 9.79. The number of carbonyl (C=O) groups is 3. The van der Waals surface area contributed by atoms with Gasteiger partial charge >= 0.3 is 5.97 Å². The minimum atomic E-state index is -1.08. The van der Waals surface area contributed by atoms with Crippen LogP contribution in [0.3, 0.4) is 0 Å². The minimum absolute atomic E-state index is 0. The van der Waals surface area contributed by atoms with Gasteiger partial charge in [-0.15, -0.1) is 5.48 Å². The van der Waals surface area contributed by atoms with E-state index in [4.69, 9.17) is 14.7 Å². The molecule has 2 saturated carbocycles. The Morgan fingerprint density at radius 2 is 2.13 bits per heavy atom. The number of aliphatic hydroxyl groups is 2. The molecular formula is C28H38N2O8. The third kappa shape index (κ3) is 3.71. The first-order chi connectivity index (χ1) is 17.7. The van der Waals surface area contributed by atoms with Gasteiger partial charge in [-0.25, -0.2) is 0 Å². The Hall–Kier alpha value is -2.53. The molecule has 3 aliphatic carbocycles. The lowest BCUT2D eigenvalue weighted by atomic mass is 9.48. The Labute approximate surface area is 222 Å². The monoisotopic (exact) mass is 530 g/mol. The summed E-state index contributed by atoms with van der Waals surface area (Å²) in [5.74, 6) is 0.315. The zero-order chi connectivity index (χ0) is 26.2. The van der Waals surface area contributed by atoms with Crippen LogP contribution in [-0.2, 0) is 32.8 Å². The number of aliphatic hydroxyl groups excluding tert-OH is 1. The topological polar surface area (TPSA) is 142 Å². The molecule has 2 heterocycles. The largest absolute Gasteiger partial charge is 0.481 e. The summed E-state index contributed by atoms with van der Waals surface area (Å²) in [6.07, 6.45) is 3.97. The number of benzene rings is 1.